The Kier molecular flexibility index (Phi) is 3.16. The largest absolute Gasteiger partial charge is 0.309 e. The first-order valence-electron chi connectivity index (χ1n) is 7.19. The second kappa shape index (κ2) is 4.67. The second-order valence-electron chi connectivity index (χ2n) is 6.32. The first-order valence-corrected chi connectivity index (χ1v) is 7.19. The maximum atomic E-state index is 3.74. The molecular formula is C16H24N2. The van der Waals surface area contributed by atoms with Gasteiger partial charge in [-0.25, -0.2) is 0 Å². The van der Waals surface area contributed by atoms with Crippen molar-refractivity contribution in [3.05, 3.63) is 35.4 Å². The second-order valence-corrected chi connectivity index (χ2v) is 6.32. The summed E-state index contributed by atoms with van der Waals surface area (Å²) in [6.07, 6.45) is 2.84. The highest BCUT2D eigenvalue weighted by Crippen LogP contribution is 2.40. The monoisotopic (exact) mass is 244 g/mol. The van der Waals surface area contributed by atoms with Crippen LogP contribution in [0.4, 0.5) is 0 Å². The van der Waals surface area contributed by atoms with E-state index in [0.717, 1.165) is 19.0 Å². The Balaban J connectivity index is 1.66. The van der Waals surface area contributed by atoms with Gasteiger partial charge in [0.15, 0.2) is 0 Å². The maximum absolute atomic E-state index is 3.74. The minimum absolute atomic E-state index is 0.363. The highest BCUT2D eigenvalue weighted by Gasteiger charge is 2.43. The molecule has 1 aliphatic carbocycles. The number of nitrogens with zero attached hydrogens (tertiary/aromatic N) is 1. The normalized spacial score (nSPS) is 29.4. The van der Waals surface area contributed by atoms with Gasteiger partial charge in [-0.2, -0.15) is 0 Å². The summed E-state index contributed by atoms with van der Waals surface area (Å²) in [5.74, 6) is 0.915. The molecule has 1 saturated carbocycles. The van der Waals surface area contributed by atoms with Crippen LogP contribution in [-0.4, -0.2) is 30.1 Å². The topological polar surface area (TPSA) is 15.3 Å². The fourth-order valence-electron chi connectivity index (χ4n) is 3.30. The minimum atomic E-state index is 0.363. The molecule has 1 N–H and O–H groups in total. The highest BCUT2D eigenvalue weighted by molar-refractivity contribution is 5.22. The summed E-state index contributed by atoms with van der Waals surface area (Å²) in [7, 11) is 0. The van der Waals surface area contributed by atoms with E-state index in [1.165, 1.54) is 37.1 Å². The van der Waals surface area contributed by atoms with Crippen LogP contribution in [0.25, 0.3) is 0 Å². The van der Waals surface area contributed by atoms with Crippen LogP contribution >= 0.6 is 0 Å². The molecule has 1 heterocycles. The van der Waals surface area contributed by atoms with Crippen molar-refractivity contribution in [2.45, 2.75) is 38.8 Å². The summed E-state index contributed by atoms with van der Waals surface area (Å²) >= 11 is 0. The molecular weight excluding hydrogens is 220 g/mol. The molecule has 1 saturated heterocycles. The third kappa shape index (κ3) is 2.60. The molecule has 1 aromatic rings. The van der Waals surface area contributed by atoms with Gasteiger partial charge in [0.25, 0.3) is 0 Å². The van der Waals surface area contributed by atoms with Gasteiger partial charge >= 0.3 is 0 Å². The average molecular weight is 244 g/mol. The Morgan fingerprint density at radius 1 is 1.39 bits per heavy atom. The molecule has 2 heteroatoms. The Morgan fingerprint density at radius 3 is 2.94 bits per heavy atom. The predicted octanol–water partition coefficient (Wildman–Crippen LogP) is 2.57. The lowest BCUT2D eigenvalue weighted by molar-refractivity contribution is 0.121. The summed E-state index contributed by atoms with van der Waals surface area (Å²) in [4.78, 5) is 2.61. The number of nitrogens with one attached hydrogen (secondary N) is 1. The van der Waals surface area contributed by atoms with E-state index in [9.17, 15) is 0 Å². The summed E-state index contributed by atoms with van der Waals surface area (Å²) < 4.78 is 0. The van der Waals surface area contributed by atoms with Crippen molar-refractivity contribution in [3.63, 3.8) is 0 Å². The maximum Gasteiger partial charge on any atom is 0.0309 e. The Labute approximate surface area is 110 Å². The standard InChI is InChI=1S/C16H24N2/c1-13-4-3-5-14(10-13)11-18-9-8-17-16(2,12-18)15-6-7-15/h3-5,10,15,17H,6-9,11-12H2,1-2H3. The molecule has 1 atom stereocenters. The molecule has 0 aromatic heterocycles. The molecule has 18 heavy (non-hydrogen) atoms. The molecule has 0 radical (unpaired) electrons. The van der Waals surface area contributed by atoms with Gasteiger partial charge in [-0.05, 0) is 38.2 Å². The van der Waals surface area contributed by atoms with E-state index >= 15 is 0 Å². The van der Waals surface area contributed by atoms with Crippen molar-refractivity contribution >= 4 is 0 Å². The molecule has 2 aliphatic rings. The molecule has 98 valence electrons. The van der Waals surface area contributed by atoms with Crippen LogP contribution in [0, 0.1) is 12.8 Å². The van der Waals surface area contributed by atoms with E-state index in [2.05, 4.69) is 48.3 Å². The Morgan fingerprint density at radius 2 is 2.22 bits per heavy atom. The first-order chi connectivity index (χ1) is 8.66. The molecule has 0 spiro atoms. The zero-order chi connectivity index (χ0) is 12.6. The molecule has 1 aromatic carbocycles. The van der Waals surface area contributed by atoms with Crippen LogP contribution in [-0.2, 0) is 6.54 Å². The minimum Gasteiger partial charge on any atom is -0.309 e. The van der Waals surface area contributed by atoms with Crippen LogP contribution in [0.5, 0.6) is 0 Å². The zero-order valence-corrected chi connectivity index (χ0v) is 11.6. The van der Waals surface area contributed by atoms with E-state index in [1.807, 2.05) is 0 Å². The predicted molar refractivity (Wildman–Crippen MR) is 75.6 cm³/mol. The average Bonchev–Trinajstić information content (AvgIpc) is 3.13. The third-order valence-corrected chi connectivity index (χ3v) is 4.48. The third-order valence-electron chi connectivity index (χ3n) is 4.48. The smallest absolute Gasteiger partial charge is 0.0309 e. The van der Waals surface area contributed by atoms with E-state index < -0.39 is 0 Å². The van der Waals surface area contributed by atoms with Crippen molar-refractivity contribution in [2.24, 2.45) is 5.92 Å². The molecule has 3 rings (SSSR count). The number of hydrogen-bond acceptors (Lipinski definition) is 2. The summed E-state index contributed by atoms with van der Waals surface area (Å²) in [6, 6.07) is 8.92. The van der Waals surface area contributed by atoms with Crippen molar-refractivity contribution in [1.82, 2.24) is 10.2 Å². The lowest BCUT2D eigenvalue weighted by Gasteiger charge is -2.42. The lowest BCUT2D eigenvalue weighted by Crippen LogP contribution is -2.59. The number of aryl methyl sites for hydroxylation is 1. The van der Waals surface area contributed by atoms with E-state index in [0.29, 0.717) is 5.54 Å². The van der Waals surface area contributed by atoms with Gasteiger partial charge in [0.05, 0.1) is 0 Å². The van der Waals surface area contributed by atoms with Gasteiger partial charge in [0.1, 0.15) is 0 Å². The lowest BCUT2D eigenvalue weighted by atomic mass is 9.92. The quantitative estimate of drug-likeness (QED) is 0.879. The van der Waals surface area contributed by atoms with Gasteiger partial charge in [0, 0.05) is 31.7 Å². The van der Waals surface area contributed by atoms with Crippen LogP contribution < -0.4 is 5.32 Å². The van der Waals surface area contributed by atoms with E-state index in [4.69, 9.17) is 0 Å². The summed E-state index contributed by atoms with van der Waals surface area (Å²) in [6.45, 7) is 9.20. The zero-order valence-electron chi connectivity index (χ0n) is 11.6. The van der Waals surface area contributed by atoms with Gasteiger partial charge in [-0.15, -0.1) is 0 Å². The van der Waals surface area contributed by atoms with E-state index in [1.54, 1.807) is 0 Å². The number of rotatable bonds is 3. The molecule has 1 unspecified atom stereocenters. The Hall–Kier alpha value is -0.860. The van der Waals surface area contributed by atoms with E-state index in [-0.39, 0.29) is 0 Å². The molecule has 0 amide bonds. The molecule has 1 aliphatic heterocycles. The van der Waals surface area contributed by atoms with Gasteiger partial charge in [-0.3, -0.25) is 4.90 Å². The number of benzene rings is 1. The van der Waals surface area contributed by atoms with Crippen LogP contribution in [0.1, 0.15) is 30.9 Å². The molecule has 2 fully saturated rings. The first kappa shape index (κ1) is 12.2. The summed E-state index contributed by atoms with van der Waals surface area (Å²) in [5, 5.41) is 3.74. The number of hydrogen-bond donors (Lipinski definition) is 1. The highest BCUT2D eigenvalue weighted by atomic mass is 15.2. The van der Waals surface area contributed by atoms with Crippen LogP contribution in [0.15, 0.2) is 24.3 Å². The van der Waals surface area contributed by atoms with Crippen molar-refractivity contribution < 1.29 is 0 Å². The van der Waals surface area contributed by atoms with Gasteiger partial charge < -0.3 is 5.32 Å². The number of piperazine rings is 1. The fraction of sp³-hybridized carbons (Fsp3) is 0.625. The van der Waals surface area contributed by atoms with Gasteiger partial charge in [0.2, 0.25) is 0 Å². The van der Waals surface area contributed by atoms with Crippen molar-refractivity contribution in [3.8, 4) is 0 Å². The van der Waals surface area contributed by atoms with Crippen molar-refractivity contribution in [2.75, 3.05) is 19.6 Å². The van der Waals surface area contributed by atoms with Gasteiger partial charge in [-0.1, -0.05) is 29.8 Å². The van der Waals surface area contributed by atoms with Crippen LogP contribution in [0.2, 0.25) is 0 Å². The van der Waals surface area contributed by atoms with Crippen molar-refractivity contribution in [1.29, 1.82) is 0 Å². The fourth-order valence-corrected chi connectivity index (χ4v) is 3.30. The van der Waals surface area contributed by atoms with Crippen LogP contribution in [0.3, 0.4) is 0 Å². The Bertz CT molecular complexity index is 425. The molecule has 2 nitrogen and oxygen atoms in total. The summed E-state index contributed by atoms with van der Waals surface area (Å²) in [5.41, 5.74) is 3.19. The molecule has 0 bridgehead atoms. The SMILES string of the molecule is Cc1cccc(CN2CCNC(C)(C3CC3)C2)c1.